The van der Waals surface area contributed by atoms with Gasteiger partial charge < -0.3 is 15.4 Å². The molecule has 0 aromatic heterocycles. The van der Waals surface area contributed by atoms with Crippen molar-refractivity contribution in [3.63, 3.8) is 0 Å². The summed E-state index contributed by atoms with van der Waals surface area (Å²) in [4.78, 5) is 12.0. The van der Waals surface area contributed by atoms with E-state index in [0.717, 1.165) is 11.3 Å². The minimum absolute atomic E-state index is 0.132. The molecule has 3 rings (SSSR count). The molecule has 0 aliphatic carbocycles. The third kappa shape index (κ3) is 5.80. The first kappa shape index (κ1) is 20.3. The van der Waals surface area contributed by atoms with Gasteiger partial charge in [0, 0.05) is 17.3 Å². The Labute approximate surface area is 178 Å². The van der Waals surface area contributed by atoms with E-state index < -0.39 is 0 Å². The molecule has 0 heterocycles. The minimum Gasteiger partial charge on any atom is -0.482 e. The number of ether oxygens (including phenoxy) is 1. The molecule has 0 radical (unpaired) electrons. The van der Waals surface area contributed by atoms with Crippen molar-refractivity contribution in [2.24, 2.45) is 0 Å². The molecule has 0 spiro atoms. The van der Waals surface area contributed by atoms with Crippen molar-refractivity contribution < 1.29 is 9.53 Å². The SMILES string of the molecule is O=C(COc1ccc(CNc2ccc(Cl)cc2Cl)cc1Cl)Nc1ccccc1. The maximum Gasteiger partial charge on any atom is 0.262 e. The number of carbonyl (C=O) groups is 1. The molecular formula is C21H17Cl3N2O2. The molecule has 2 N–H and O–H groups in total. The molecule has 3 aromatic rings. The number of rotatable bonds is 7. The number of anilines is 2. The van der Waals surface area contributed by atoms with Gasteiger partial charge in [-0.2, -0.15) is 0 Å². The number of hydrogen-bond donors (Lipinski definition) is 2. The van der Waals surface area contributed by atoms with Crippen LogP contribution in [0.25, 0.3) is 0 Å². The minimum atomic E-state index is -0.259. The van der Waals surface area contributed by atoms with Crippen LogP contribution in [-0.4, -0.2) is 12.5 Å². The van der Waals surface area contributed by atoms with Gasteiger partial charge in [-0.3, -0.25) is 4.79 Å². The summed E-state index contributed by atoms with van der Waals surface area (Å²) in [5, 5.41) is 7.53. The van der Waals surface area contributed by atoms with E-state index in [1.807, 2.05) is 30.3 Å². The highest BCUT2D eigenvalue weighted by molar-refractivity contribution is 6.36. The number of amides is 1. The van der Waals surface area contributed by atoms with Crippen LogP contribution in [0.1, 0.15) is 5.56 Å². The van der Waals surface area contributed by atoms with Crippen molar-refractivity contribution in [1.29, 1.82) is 0 Å². The van der Waals surface area contributed by atoms with Crippen molar-refractivity contribution in [3.05, 3.63) is 87.4 Å². The lowest BCUT2D eigenvalue weighted by molar-refractivity contribution is -0.118. The summed E-state index contributed by atoms with van der Waals surface area (Å²) in [6.45, 7) is 0.391. The van der Waals surface area contributed by atoms with Crippen LogP contribution in [-0.2, 0) is 11.3 Å². The van der Waals surface area contributed by atoms with E-state index in [2.05, 4.69) is 10.6 Å². The lowest BCUT2D eigenvalue weighted by atomic mass is 10.2. The molecule has 28 heavy (non-hydrogen) atoms. The zero-order valence-electron chi connectivity index (χ0n) is 14.7. The molecule has 0 saturated carbocycles. The van der Waals surface area contributed by atoms with Crippen LogP contribution >= 0.6 is 34.8 Å². The number of halogens is 3. The van der Waals surface area contributed by atoms with Crippen molar-refractivity contribution >= 4 is 52.1 Å². The smallest absolute Gasteiger partial charge is 0.262 e. The van der Waals surface area contributed by atoms with E-state index in [0.29, 0.717) is 33.0 Å². The molecule has 0 bridgehead atoms. The summed E-state index contributed by atoms with van der Waals surface area (Å²) in [6.07, 6.45) is 0. The first-order chi connectivity index (χ1) is 13.5. The maximum atomic E-state index is 12.0. The van der Waals surface area contributed by atoms with E-state index in [9.17, 15) is 4.79 Å². The van der Waals surface area contributed by atoms with Gasteiger partial charge in [-0.25, -0.2) is 0 Å². The Hall–Kier alpha value is -2.40. The van der Waals surface area contributed by atoms with Gasteiger partial charge in [-0.1, -0.05) is 59.1 Å². The predicted molar refractivity (Wildman–Crippen MR) is 116 cm³/mol. The summed E-state index contributed by atoms with van der Waals surface area (Å²) in [5.74, 6) is 0.184. The molecule has 0 saturated heterocycles. The second-order valence-corrected chi connectivity index (χ2v) is 7.20. The first-order valence-corrected chi connectivity index (χ1v) is 9.60. The molecule has 0 aliphatic rings. The monoisotopic (exact) mass is 434 g/mol. The molecule has 0 atom stereocenters. The average Bonchev–Trinajstić information content (AvgIpc) is 2.67. The summed E-state index contributed by atoms with van der Waals surface area (Å²) in [6, 6.07) is 19.8. The third-order valence-electron chi connectivity index (χ3n) is 3.83. The third-order valence-corrected chi connectivity index (χ3v) is 4.67. The molecule has 3 aromatic carbocycles. The Kier molecular flexibility index (Phi) is 7.04. The fourth-order valence-corrected chi connectivity index (χ4v) is 3.20. The van der Waals surface area contributed by atoms with Crippen molar-refractivity contribution in [3.8, 4) is 5.75 Å². The maximum absolute atomic E-state index is 12.0. The molecular weight excluding hydrogens is 419 g/mol. The van der Waals surface area contributed by atoms with Gasteiger partial charge in [0.1, 0.15) is 5.75 Å². The topological polar surface area (TPSA) is 50.4 Å². The van der Waals surface area contributed by atoms with Crippen LogP contribution in [0.3, 0.4) is 0 Å². The van der Waals surface area contributed by atoms with Gasteiger partial charge in [-0.05, 0) is 48.0 Å². The Balaban J connectivity index is 1.54. The van der Waals surface area contributed by atoms with Crippen molar-refractivity contribution in [1.82, 2.24) is 0 Å². The number of carbonyl (C=O) groups excluding carboxylic acids is 1. The van der Waals surface area contributed by atoms with Crippen LogP contribution in [0.5, 0.6) is 5.75 Å². The Morgan fingerprint density at radius 1 is 0.893 bits per heavy atom. The Morgan fingerprint density at radius 2 is 1.68 bits per heavy atom. The predicted octanol–water partition coefficient (Wildman–Crippen LogP) is 6.28. The zero-order chi connectivity index (χ0) is 19.9. The fraction of sp³-hybridized carbons (Fsp3) is 0.0952. The van der Waals surface area contributed by atoms with Crippen LogP contribution in [0.15, 0.2) is 66.7 Å². The Morgan fingerprint density at radius 3 is 2.39 bits per heavy atom. The lowest BCUT2D eigenvalue weighted by Gasteiger charge is -2.12. The Bertz CT molecular complexity index is 965. The van der Waals surface area contributed by atoms with Crippen LogP contribution < -0.4 is 15.4 Å². The zero-order valence-corrected chi connectivity index (χ0v) is 17.0. The molecule has 4 nitrogen and oxygen atoms in total. The highest BCUT2D eigenvalue weighted by Crippen LogP contribution is 2.28. The van der Waals surface area contributed by atoms with Gasteiger partial charge in [0.05, 0.1) is 15.7 Å². The standard InChI is InChI=1S/C21H17Cl3N2O2/c22-15-7-8-19(17(23)11-15)25-12-14-6-9-20(18(24)10-14)28-13-21(27)26-16-4-2-1-3-5-16/h1-11,25H,12-13H2,(H,26,27). The van der Waals surface area contributed by atoms with E-state index in [-0.39, 0.29) is 12.5 Å². The number of benzene rings is 3. The van der Waals surface area contributed by atoms with E-state index in [1.54, 1.807) is 36.4 Å². The molecule has 144 valence electrons. The molecule has 1 amide bonds. The molecule has 0 fully saturated rings. The number of para-hydroxylation sites is 1. The van der Waals surface area contributed by atoms with Gasteiger partial charge in [0.2, 0.25) is 0 Å². The molecule has 0 unspecified atom stereocenters. The van der Waals surface area contributed by atoms with Crippen LogP contribution in [0, 0.1) is 0 Å². The number of hydrogen-bond acceptors (Lipinski definition) is 3. The van der Waals surface area contributed by atoms with Gasteiger partial charge in [0.15, 0.2) is 6.61 Å². The van der Waals surface area contributed by atoms with Gasteiger partial charge >= 0.3 is 0 Å². The quantitative estimate of drug-likeness (QED) is 0.459. The molecule has 7 heteroatoms. The fourth-order valence-electron chi connectivity index (χ4n) is 2.46. The second-order valence-electron chi connectivity index (χ2n) is 5.95. The summed E-state index contributed by atoms with van der Waals surface area (Å²) in [5.41, 5.74) is 2.43. The van der Waals surface area contributed by atoms with E-state index >= 15 is 0 Å². The van der Waals surface area contributed by atoms with Crippen LogP contribution in [0.2, 0.25) is 15.1 Å². The normalized spacial score (nSPS) is 10.4. The summed E-state index contributed by atoms with van der Waals surface area (Å²) >= 11 is 18.3. The van der Waals surface area contributed by atoms with E-state index in [4.69, 9.17) is 39.5 Å². The highest BCUT2D eigenvalue weighted by atomic mass is 35.5. The number of nitrogens with one attached hydrogen (secondary N) is 2. The second kappa shape index (κ2) is 9.69. The van der Waals surface area contributed by atoms with Crippen molar-refractivity contribution in [2.75, 3.05) is 17.2 Å². The largest absolute Gasteiger partial charge is 0.482 e. The van der Waals surface area contributed by atoms with Crippen molar-refractivity contribution in [2.45, 2.75) is 6.54 Å². The van der Waals surface area contributed by atoms with Crippen LogP contribution in [0.4, 0.5) is 11.4 Å². The lowest BCUT2D eigenvalue weighted by Crippen LogP contribution is -2.20. The summed E-state index contributed by atoms with van der Waals surface area (Å²) in [7, 11) is 0. The average molecular weight is 436 g/mol. The first-order valence-electron chi connectivity index (χ1n) is 8.46. The van der Waals surface area contributed by atoms with E-state index in [1.165, 1.54) is 0 Å². The highest BCUT2D eigenvalue weighted by Gasteiger charge is 2.08. The molecule has 0 aliphatic heterocycles. The van der Waals surface area contributed by atoms with Gasteiger partial charge in [-0.15, -0.1) is 0 Å². The van der Waals surface area contributed by atoms with Gasteiger partial charge in [0.25, 0.3) is 5.91 Å². The summed E-state index contributed by atoms with van der Waals surface area (Å²) < 4.78 is 5.52.